The van der Waals surface area contributed by atoms with E-state index in [1.54, 1.807) is 4.90 Å². The molecule has 25 heavy (non-hydrogen) atoms. The van der Waals surface area contributed by atoms with Gasteiger partial charge in [-0.15, -0.1) is 0 Å². The summed E-state index contributed by atoms with van der Waals surface area (Å²) in [6.45, 7) is 3.20. The van der Waals surface area contributed by atoms with E-state index in [9.17, 15) is 4.79 Å². The lowest BCUT2D eigenvalue weighted by molar-refractivity contribution is -0.128. The lowest BCUT2D eigenvalue weighted by atomic mass is 10.3. The molecule has 0 unspecified atom stereocenters. The van der Waals surface area contributed by atoms with E-state index >= 15 is 0 Å². The van der Waals surface area contributed by atoms with Crippen LogP contribution < -0.4 is 4.74 Å². The molecular formula is C17H19N5O2S. The van der Waals surface area contributed by atoms with Gasteiger partial charge in [0.1, 0.15) is 5.75 Å². The highest BCUT2D eigenvalue weighted by Crippen LogP contribution is 2.23. The fraction of sp³-hybridized carbons (Fsp3) is 0.412. The Morgan fingerprint density at radius 2 is 2.04 bits per heavy atom. The molecule has 7 nitrogen and oxygen atoms in total. The maximum atomic E-state index is 12.3. The molecule has 0 aliphatic heterocycles. The van der Waals surface area contributed by atoms with Crippen molar-refractivity contribution in [2.24, 2.45) is 0 Å². The van der Waals surface area contributed by atoms with Crippen molar-refractivity contribution in [3.05, 3.63) is 18.2 Å². The zero-order valence-corrected chi connectivity index (χ0v) is 14.8. The van der Waals surface area contributed by atoms with Crippen LogP contribution in [0.3, 0.4) is 0 Å². The SMILES string of the molecule is CCOc1ccc2nc(SCC(=O)N(CCC#N)CCC#N)[nH]c2c1. The molecule has 0 aliphatic carbocycles. The second kappa shape index (κ2) is 9.55. The summed E-state index contributed by atoms with van der Waals surface area (Å²) in [7, 11) is 0. The topological polar surface area (TPSA) is 106 Å². The maximum Gasteiger partial charge on any atom is 0.233 e. The summed E-state index contributed by atoms with van der Waals surface area (Å²) in [6, 6.07) is 9.65. The molecule has 0 aliphatic rings. The minimum absolute atomic E-state index is 0.106. The number of nitriles is 2. The Morgan fingerprint density at radius 1 is 1.32 bits per heavy atom. The number of hydrogen-bond donors (Lipinski definition) is 1. The number of rotatable bonds is 9. The number of carbonyl (C=O) groups excluding carboxylic acids is 1. The van der Waals surface area contributed by atoms with Crippen molar-refractivity contribution < 1.29 is 9.53 Å². The van der Waals surface area contributed by atoms with E-state index in [-0.39, 0.29) is 24.5 Å². The molecule has 8 heteroatoms. The molecule has 0 saturated heterocycles. The van der Waals surface area contributed by atoms with Gasteiger partial charge < -0.3 is 14.6 Å². The molecule has 1 aromatic carbocycles. The molecular weight excluding hydrogens is 338 g/mol. The van der Waals surface area contributed by atoms with Crippen molar-refractivity contribution in [1.29, 1.82) is 10.5 Å². The van der Waals surface area contributed by atoms with Gasteiger partial charge in [0.05, 0.1) is 48.4 Å². The van der Waals surface area contributed by atoms with E-state index in [0.717, 1.165) is 16.8 Å². The van der Waals surface area contributed by atoms with Gasteiger partial charge >= 0.3 is 0 Å². The van der Waals surface area contributed by atoms with Gasteiger partial charge in [-0.25, -0.2) is 4.98 Å². The van der Waals surface area contributed by atoms with Crippen molar-refractivity contribution in [3.8, 4) is 17.9 Å². The first kappa shape index (κ1) is 18.6. The second-order valence-corrected chi connectivity index (χ2v) is 6.10. The van der Waals surface area contributed by atoms with Gasteiger partial charge in [-0.3, -0.25) is 4.79 Å². The average molecular weight is 357 g/mol. The predicted octanol–water partition coefficient (Wildman–Crippen LogP) is 2.71. The molecule has 1 N–H and O–H groups in total. The number of imidazole rings is 1. The van der Waals surface area contributed by atoms with Crippen molar-refractivity contribution in [2.75, 3.05) is 25.4 Å². The Hall–Kier alpha value is -2.71. The quantitative estimate of drug-likeness (QED) is 0.692. The number of hydrogen-bond acceptors (Lipinski definition) is 6. The Bertz CT molecular complexity index is 787. The molecule has 2 rings (SSSR count). The number of carbonyl (C=O) groups is 1. The van der Waals surface area contributed by atoms with Crippen LogP contribution in [0.4, 0.5) is 0 Å². The van der Waals surface area contributed by atoms with Crippen molar-refractivity contribution in [2.45, 2.75) is 24.9 Å². The standard InChI is InChI=1S/C17H19N5O2S/c1-2-24-13-5-6-14-15(11-13)21-17(20-14)25-12-16(23)22(9-3-7-18)10-4-8-19/h5-6,11H,2-4,9-10,12H2,1H3,(H,20,21). The number of aromatic amines is 1. The minimum atomic E-state index is -0.106. The normalized spacial score (nSPS) is 10.2. The Labute approximate surface area is 150 Å². The molecule has 1 heterocycles. The van der Waals surface area contributed by atoms with Crippen molar-refractivity contribution in [3.63, 3.8) is 0 Å². The molecule has 2 aromatic rings. The van der Waals surface area contributed by atoms with Crippen LogP contribution in [0.25, 0.3) is 11.0 Å². The number of H-pyrrole nitrogens is 1. The molecule has 0 saturated carbocycles. The van der Waals surface area contributed by atoms with Gasteiger partial charge in [0.2, 0.25) is 5.91 Å². The van der Waals surface area contributed by atoms with Gasteiger partial charge in [0.15, 0.2) is 5.16 Å². The predicted molar refractivity (Wildman–Crippen MR) is 95.0 cm³/mol. The maximum absolute atomic E-state index is 12.3. The Morgan fingerprint density at radius 3 is 2.68 bits per heavy atom. The third kappa shape index (κ3) is 5.40. The summed E-state index contributed by atoms with van der Waals surface area (Å²) in [5, 5.41) is 18.0. The van der Waals surface area contributed by atoms with E-state index < -0.39 is 0 Å². The summed E-state index contributed by atoms with van der Waals surface area (Å²) >= 11 is 1.30. The third-order valence-electron chi connectivity index (χ3n) is 3.41. The monoisotopic (exact) mass is 357 g/mol. The summed E-state index contributed by atoms with van der Waals surface area (Å²) < 4.78 is 5.46. The highest BCUT2D eigenvalue weighted by atomic mass is 32.2. The smallest absolute Gasteiger partial charge is 0.233 e. The summed E-state index contributed by atoms with van der Waals surface area (Å²) in [5.74, 6) is 0.867. The van der Waals surface area contributed by atoms with Crippen LogP contribution in [-0.2, 0) is 4.79 Å². The number of aromatic nitrogens is 2. The van der Waals surface area contributed by atoms with Crippen molar-refractivity contribution >= 4 is 28.7 Å². The third-order valence-corrected chi connectivity index (χ3v) is 4.27. The molecule has 0 radical (unpaired) electrons. The number of fused-ring (bicyclic) bond motifs is 1. The molecule has 0 spiro atoms. The van der Waals surface area contributed by atoms with E-state index in [1.807, 2.05) is 37.3 Å². The van der Waals surface area contributed by atoms with Crippen molar-refractivity contribution in [1.82, 2.24) is 14.9 Å². The van der Waals surface area contributed by atoms with E-state index in [0.29, 0.717) is 24.9 Å². The molecule has 1 aromatic heterocycles. The van der Waals surface area contributed by atoms with Crippen LogP contribution in [0.2, 0.25) is 0 Å². The molecule has 0 fully saturated rings. The fourth-order valence-electron chi connectivity index (χ4n) is 2.24. The number of thioether (sulfide) groups is 1. The van der Waals surface area contributed by atoms with E-state index in [1.165, 1.54) is 11.8 Å². The van der Waals surface area contributed by atoms with Gasteiger partial charge in [-0.1, -0.05) is 11.8 Å². The zero-order valence-electron chi connectivity index (χ0n) is 14.0. The van der Waals surface area contributed by atoms with Gasteiger partial charge in [0.25, 0.3) is 0 Å². The minimum Gasteiger partial charge on any atom is -0.494 e. The van der Waals surface area contributed by atoms with Crippen LogP contribution in [0, 0.1) is 22.7 Å². The lowest BCUT2D eigenvalue weighted by Gasteiger charge is -2.19. The summed E-state index contributed by atoms with van der Waals surface area (Å²) in [4.78, 5) is 21.5. The van der Waals surface area contributed by atoms with Crippen LogP contribution >= 0.6 is 11.8 Å². The average Bonchev–Trinajstić information content (AvgIpc) is 3.02. The molecule has 1 amide bonds. The largest absolute Gasteiger partial charge is 0.494 e. The Balaban J connectivity index is 1.98. The summed E-state index contributed by atoms with van der Waals surface area (Å²) in [6.07, 6.45) is 0.513. The summed E-state index contributed by atoms with van der Waals surface area (Å²) in [5.41, 5.74) is 1.66. The fourth-order valence-corrected chi connectivity index (χ4v) is 3.03. The van der Waals surface area contributed by atoms with Crippen LogP contribution in [0.5, 0.6) is 5.75 Å². The lowest BCUT2D eigenvalue weighted by Crippen LogP contribution is -2.34. The first-order valence-corrected chi connectivity index (χ1v) is 8.93. The number of ether oxygens (including phenoxy) is 1. The second-order valence-electron chi connectivity index (χ2n) is 5.14. The highest BCUT2D eigenvalue weighted by molar-refractivity contribution is 7.99. The van der Waals surface area contributed by atoms with Crippen LogP contribution in [0.15, 0.2) is 23.4 Å². The molecule has 0 bridgehead atoms. The molecule has 0 atom stereocenters. The first-order chi connectivity index (χ1) is 12.2. The number of benzene rings is 1. The number of nitrogens with one attached hydrogen (secondary N) is 1. The first-order valence-electron chi connectivity index (χ1n) is 7.95. The number of nitrogens with zero attached hydrogens (tertiary/aromatic N) is 4. The Kier molecular flexibility index (Phi) is 7.12. The van der Waals surface area contributed by atoms with E-state index in [2.05, 4.69) is 9.97 Å². The van der Waals surface area contributed by atoms with Gasteiger partial charge in [0, 0.05) is 19.2 Å². The van der Waals surface area contributed by atoms with Gasteiger partial charge in [-0.2, -0.15) is 10.5 Å². The number of amides is 1. The van der Waals surface area contributed by atoms with Crippen LogP contribution in [0.1, 0.15) is 19.8 Å². The van der Waals surface area contributed by atoms with Crippen LogP contribution in [-0.4, -0.2) is 46.2 Å². The zero-order chi connectivity index (χ0) is 18.1. The molecule has 130 valence electrons. The van der Waals surface area contributed by atoms with E-state index in [4.69, 9.17) is 15.3 Å². The van der Waals surface area contributed by atoms with Gasteiger partial charge in [-0.05, 0) is 19.1 Å². The highest BCUT2D eigenvalue weighted by Gasteiger charge is 2.14.